The van der Waals surface area contributed by atoms with E-state index in [0.29, 0.717) is 17.8 Å². The van der Waals surface area contributed by atoms with Crippen LogP contribution in [0.5, 0.6) is 0 Å². The molecule has 0 saturated heterocycles. The molecule has 13 heteroatoms. The average Bonchev–Trinajstić information content (AvgIpc) is 3.09. The van der Waals surface area contributed by atoms with Crippen molar-refractivity contribution in [2.45, 2.75) is 178 Å². The van der Waals surface area contributed by atoms with E-state index in [1.165, 1.54) is 55.8 Å². The third-order valence-electron chi connectivity index (χ3n) is 7.89. The van der Waals surface area contributed by atoms with E-state index in [1.807, 2.05) is 0 Å². The van der Waals surface area contributed by atoms with E-state index in [4.69, 9.17) is 0 Å². The zero-order valence-corrected chi connectivity index (χ0v) is 38.2. The van der Waals surface area contributed by atoms with Crippen LogP contribution in [-0.2, 0) is 50.3 Å². The summed E-state index contributed by atoms with van der Waals surface area (Å²) in [6, 6.07) is 0. The quantitative estimate of drug-likeness (QED) is 0.0483. The molecule has 0 aromatic heterocycles. The van der Waals surface area contributed by atoms with Crippen molar-refractivity contribution < 1.29 is 26.9 Å². The number of carbonyl (C=O) groups excluding carboxylic acids is 3. The molecule has 0 N–H and O–H groups in total. The van der Waals surface area contributed by atoms with Crippen molar-refractivity contribution in [1.29, 1.82) is 0 Å². The van der Waals surface area contributed by atoms with E-state index in [9.17, 15) is 15.3 Å². The maximum absolute atomic E-state index is 11.0. The Morgan fingerprint density at radius 2 is 0.745 bits per heavy atom. The standard InChI is InChI=1S/3C10H20O2S2.C4H9.Sn/c3*1-3-5-6-8(4-2)7-9(13)10(11)12-14;1-3-4-2;/h3*8-9,11,13H,3-7H2,1-2H3;1,3-4H2,2H3;/q;;;;+3/p-3. The molecule has 0 aliphatic carbocycles. The number of hydrogen-bond acceptors (Lipinski definition) is 9. The van der Waals surface area contributed by atoms with Crippen LogP contribution in [0.3, 0.4) is 0 Å². The van der Waals surface area contributed by atoms with Gasteiger partial charge in [0.25, 0.3) is 17.9 Å². The Kier molecular flexibility index (Phi) is 48.1. The van der Waals surface area contributed by atoms with Gasteiger partial charge in [0.2, 0.25) is 0 Å². The number of hydrogen-bond donors (Lipinski definition) is 3. The molecule has 0 fully saturated rings. The minimum absolute atomic E-state index is 0.352. The predicted octanol–water partition coefficient (Wildman–Crippen LogP) is 6.29. The minimum atomic E-state index is -0.390. The molecule has 0 aliphatic rings. The van der Waals surface area contributed by atoms with Crippen molar-refractivity contribution in [3.63, 3.8) is 0 Å². The van der Waals surface area contributed by atoms with Crippen molar-refractivity contribution in [3.05, 3.63) is 0 Å². The van der Waals surface area contributed by atoms with Crippen LogP contribution in [0.15, 0.2) is 0 Å². The first-order valence-electron chi connectivity index (χ1n) is 17.6. The van der Waals surface area contributed by atoms with Gasteiger partial charge in [-0.05, 0) is 37.0 Å². The molecule has 0 aromatic carbocycles. The Hall–Kier alpha value is 0.919. The summed E-state index contributed by atoms with van der Waals surface area (Å²) < 4.78 is 14.1. The number of aliphatic carboxylic acids is 3. The van der Waals surface area contributed by atoms with Crippen LogP contribution in [-0.4, -0.2) is 56.2 Å². The van der Waals surface area contributed by atoms with Gasteiger partial charge in [0.15, 0.2) is 0 Å². The Bertz CT molecular complexity index is 656. The van der Waals surface area contributed by atoms with Crippen LogP contribution >= 0.6 is 37.9 Å². The second-order valence-electron chi connectivity index (χ2n) is 11.8. The van der Waals surface area contributed by atoms with Gasteiger partial charge in [0.05, 0.1) is 15.7 Å². The van der Waals surface area contributed by atoms with E-state index in [-0.39, 0.29) is 15.7 Å². The van der Waals surface area contributed by atoms with E-state index < -0.39 is 17.9 Å². The molecular formula is C34H66O6S6Sn. The zero-order valence-electron chi connectivity index (χ0n) is 30.2. The fourth-order valence-electron chi connectivity index (χ4n) is 4.52. The Morgan fingerprint density at radius 3 is 0.872 bits per heavy atom. The number of carboxylic acids is 3. The molecule has 6 atom stereocenters. The normalized spacial score (nSPS) is 15.8. The van der Waals surface area contributed by atoms with Crippen LogP contribution < -0.4 is 15.3 Å². The first-order chi connectivity index (χ1) is 22.4. The second kappa shape index (κ2) is 41.3. The van der Waals surface area contributed by atoms with E-state index in [1.54, 1.807) is 22.5 Å². The van der Waals surface area contributed by atoms with Crippen LogP contribution in [0, 0.1) is 17.8 Å². The van der Waals surface area contributed by atoms with E-state index in [2.05, 4.69) is 137 Å². The first-order valence-corrected chi connectivity index (χ1v) is 22.1. The number of rotatable bonds is 23. The average molecular weight is 882 g/mol. The predicted molar refractivity (Wildman–Crippen MR) is 215 cm³/mol. The molecule has 0 aromatic rings. The molecule has 0 amide bonds. The zero-order chi connectivity index (χ0) is 37.0. The molecule has 47 heavy (non-hydrogen) atoms. The van der Waals surface area contributed by atoms with E-state index in [0.717, 1.165) is 57.8 Å². The van der Waals surface area contributed by atoms with Gasteiger partial charge in [-0.1, -0.05) is 119 Å². The third kappa shape index (κ3) is 36.5. The Labute approximate surface area is 336 Å². The van der Waals surface area contributed by atoms with Crippen LogP contribution in [0.4, 0.5) is 0 Å². The van der Waals surface area contributed by atoms with Gasteiger partial charge in [-0.25, -0.2) is 0 Å². The molecule has 6 unspecified atom stereocenters. The molecule has 0 rings (SSSR count). The summed E-state index contributed by atoms with van der Waals surface area (Å²) in [6.45, 7) is 15.1. The number of unbranched alkanes of at least 4 members (excludes halogenated alkanes) is 4. The third-order valence-corrected chi connectivity index (χ3v) is 10.7. The van der Waals surface area contributed by atoms with Crippen molar-refractivity contribution >= 4 is 117 Å². The van der Waals surface area contributed by atoms with Gasteiger partial charge in [-0.3, -0.25) is 15.3 Å². The van der Waals surface area contributed by atoms with Crippen molar-refractivity contribution in [2.75, 3.05) is 0 Å². The van der Waals surface area contributed by atoms with Gasteiger partial charge >= 0.3 is 46.7 Å². The van der Waals surface area contributed by atoms with Gasteiger partial charge in [-0.15, -0.1) is 0 Å². The van der Waals surface area contributed by atoms with E-state index >= 15 is 0 Å². The summed E-state index contributed by atoms with van der Waals surface area (Å²) in [7, 11) is 0. The molecular weight excluding hydrogens is 815 g/mol. The molecule has 0 spiro atoms. The maximum atomic E-state index is 11.0. The van der Waals surface area contributed by atoms with Crippen molar-refractivity contribution in [1.82, 2.24) is 0 Å². The summed E-state index contributed by atoms with van der Waals surface area (Å²) in [5.41, 5.74) is 0. The summed E-state index contributed by atoms with van der Waals surface area (Å²) in [5.74, 6) is 0.513. The monoisotopic (exact) mass is 882 g/mol. The van der Waals surface area contributed by atoms with Crippen LogP contribution in [0.2, 0.25) is 4.44 Å². The van der Waals surface area contributed by atoms with Crippen LogP contribution in [0.1, 0.15) is 158 Å². The number of carboxylic acid groups (broad SMARTS) is 3. The Morgan fingerprint density at radius 1 is 0.511 bits per heavy atom. The summed E-state index contributed by atoms with van der Waals surface area (Å²) in [6.07, 6.45) is 19.1. The Balaban J connectivity index is -0.000000275. The van der Waals surface area contributed by atoms with Crippen molar-refractivity contribution in [2.24, 2.45) is 17.8 Å². The topological polar surface area (TPSA) is 103 Å². The van der Waals surface area contributed by atoms with Crippen LogP contribution in [0.25, 0.3) is 0 Å². The molecule has 0 bridgehead atoms. The van der Waals surface area contributed by atoms with Crippen molar-refractivity contribution in [3.8, 4) is 0 Å². The van der Waals surface area contributed by atoms with Gasteiger partial charge in [0.1, 0.15) is 0 Å². The summed E-state index contributed by atoms with van der Waals surface area (Å²) in [4.78, 5) is 0. The molecule has 278 valence electrons. The number of thiol groups is 3. The second-order valence-corrected chi connectivity index (χ2v) is 15.6. The van der Waals surface area contributed by atoms with Gasteiger partial charge in [-0.2, -0.15) is 37.9 Å². The van der Waals surface area contributed by atoms with Gasteiger partial charge < -0.3 is 50.3 Å². The van der Waals surface area contributed by atoms with Gasteiger partial charge in [0, 0.05) is 0 Å². The fourth-order valence-corrected chi connectivity index (χ4v) is 7.15. The summed E-state index contributed by atoms with van der Waals surface area (Å²) in [5, 5.41) is 32.0. The molecule has 0 radical (unpaired) electrons. The first kappa shape index (κ1) is 54.7. The molecule has 0 aliphatic heterocycles. The molecule has 0 heterocycles. The molecule has 0 saturated carbocycles. The summed E-state index contributed by atoms with van der Waals surface area (Å²) >= 11 is 26.9. The fraction of sp³-hybridized carbons (Fsp3) is 0.912. The SMILES string of the molecule is CCCCC(CC)CC(S)C([O-])=[O+][S-].CCCCC(CC)CC(S)C([O-])=[O+][S-].CCCCC(CC)CC(S)C([O-])=[O+][S-].CCC[CH2][Sn+3]. The molecule has 6 nitrogen and oxygen atoms in total.